The highest BCUT2D eigenvalue weighted by Crippen LogP contribution is 2.57. The maximum atomic E-state index is 14.3. The van der Waals surface area contributed by atoms with Crippen molar-refractivity contribution in [2.45, 2.75) is 59.3 Å². The lowest BCUT2D eigenvalue weighted by Gasteiger charge is -2.38. The van der Waals surface area contributed by atoms with Crippen molar-refractivity contribution in [2.24, 2.45) is 0 Å². The predicted octanol–water partition coefficient (Wildman–Crippen LogP) is 6.87. The Balaban J connectivity index is 1.59. The van der Waals surface area contributed by atoms with Gasteiger partial charge in [0.15, 0.2) is 9.84 Å². The Labute approximate surface area is 227 Å². The number of ether oxygens (including phenoxy) is 2. The number of sulfone groups is 1. The molecule has 2 aliphatic rings. The van der Waals surface area contributed by atoms with E-state index in [9.17, 15) is 47.9 Å². The van der Waals surface area contributed by atoms with Crippen molar-refractivity contribution in [1.82, 2.24) is 0 Å². The molecule has 41 heavy (non-hydrogen) atoms. The summed E-state index contributed by atoms with van der Waals surface area (Å²) in [5.74, 6) is -3.53. The van der Waals surface area contributed by atoms with Gasteiger partial charge in [0.05, 0.1) is 23.7 Å². The molecular formula is C27H19F9O4S. The Morgan fingerprint density at radius 1 is 0.780 bits per heavy atom. The smallest absolute Gasteiger partial charge is 0.369 e. The van der Waals surface area contributed by atoms with Gasteiger partial charge in [0.1, 0.15) is 22.2 Å². The molecule has 1 heterocycles. The third-order valence-corrected chi connectivity index (χ3v) is 9.99. The molecule has 0 spiro atoms. The molecule has 1 aliphatic carbocycles. The molecule has 0 amide bonds. The zero-order valence-corrected chi connectivity index (χ0v) is 21.4. The Morgan fingerprint density at radius 3 is 1.78 bits per heavy atom. The van der Waals surface area contributed by atoms with E-state index < -0.39 is 79.9 Å². The summed E-state index contributed by atoms with van der Waals surface area (Å²) in [5, 5.41) is 0. The molecule has 0 radical (unpaired) electrons. The Hall–Kier alpha value is -3.10. The first-order chi connectivity index (χ1) is 19.0. The van der Waals surface area contributed by atoms with Crippen molar-refractivity contribution in [3.05, 3.63) is 101 Å². The van der Waals surface area contributed by atoms with Crippen LogP contribution in [0.2, 0.25) is 0 Å². The van der Waals surface area contributed by atoms with E-state index in [2.05, 4.69) is 4.74 Å². The van der Waals surface area contributed by atoms with Gasteiger partial charge in [-0.25, -0.2) is 21.6 Å². The monoisotopic (exact) mass is 610 g/mol. The molecule has 0 unspecified atom stereocenters. The maximum absolute atomic E-state index is 14.3. The summed E-state index contributed by atoms with van der Waals surface area (Å²) >= 11 is 0. The summed E-state index contributed by atoms with van der Waals surface area (Å²) in [6.07, 6.45) is -13.6. The van der Waals surface area contributed by atoms with Crippen LogP contribution in [-0.2, 0) is 36.3 Å². The number of rotatable bonds is 7. The number of epoxide rings is 1. The highest BCUT2D eigenvalue weighted by Gasteiger charge is 2.73. The van der Waals surface area contributed by atoms with Crippen molar-refractivity contribution in [1.29, 1.82) is 0 Å². The largest absolute Gasteiger partial charge is 0.430 e. The summed E-state index contributed by atoms with van der Waals surface area (Å²) in [6.45, 7) is -1.72. The van der Waals surface area contributed by atoms with Crippen LogP contribution >= 0.6 is 0 Å². The van der Waals surface area contributed by atoms with Gasteiger partial charge in [0.2, 0.25) is 0 Å². The van der Waals surface area contributed by atoms with Crippen LogP contribution in [0.3, 0.4) is 0 Å². The van der Waals surface area contributed by atoms with E-state index in [4.69, 9.17) is 4.74 Å². The van der Waals surface area contributed by atoms with Gasteiger partial charge in [0.25, 0.3) is 5.60 Å². The Kier molecular flexibility index (Phi) is 6.98. The van der Waals surface area contributed by atoms with Crippen LogP contribution < -0.4 is 0 Å². The minimum Gasteiger partial charge on any atom is -0.369 e. The summed E-state index contributed by atoms with van der Waals surface area (Å²) in [6, 6.07) is 8.52. The molecule has 14 heteroatoms. The van der Waals surface area contributed by atoms with Crippen LogP contribution in [0.25, 0.3) is 0 Å². The molecule has 1 saturated carbocycles. The van der Waals surface area contributed by atoms with Crippen LogP contribution in [0.15, 0.2) is 71.6 Å². The topological polar surface area (TPSA) is 55.9 Å². The fourth-order valence-corrected chi connectivity index (χ4v) is 7.47. The van der Waals surface area contributed by atoms with Crippen LogP contribution in [0, 0.1) is 17.5 Å². The third-order valence-electron chi connectivity index (χ3n) is 7.50. The quantitative estimate of drug-likeness (QED) is 0.167. The van der Waals surface area contributed by atoms with Crippen LogP contribution in [0.5, 0.6) is 0 Å². The van der Waals surface area contributed by atoms with Gasteiger partial charge in [-0.3, -0.25) is 0 Å². The highest BCUT2D eigenvalue weighted by atomic mass is 32.2. The van der Waals surface area contributed by atoms with Crippen molar-refractivity contribution in [2.75, 3.05) is 0 Å². The van der Waals surface area contributed by atoms with Crippen molar-refractivity contribution >= 4 is 9.84 Å². The predicted molar refractivity (Wildman–Crippen MR) is 125 cm³/mol. The number of alkyl halides is 6. The van der Waals surface area contributed by atoms with Gasteiger partial charge in [-0.15, -0.1) is 0 Å². The zero-order chi connectivity index (χ0) is 30.0. The maximum Gasteiger partial charge on any atom is 0.430 e. The lowest BCUT2D eigenvalue weighted by molar-refractivity contribution is -0.392. The first-order valence-corrected chi connectivity index (χ1v) is 13.5. The number of hydrogen-bond acceptors (Lipinski definition) is 4. The second-order valence-corrected chi connectivity index (χ2v) is 12.1. The van der Waals surface area contributed by atoms with Crippen molar-refractivity contribution in [3.8, 4) is 0 Å². The molecule has 0 aromatic heterocycles. The molecule has 3 aromatic carbocycles. The van der Waals surface area contributed by atoms with Gasteiger partial charge < -0.3 is 9.47 Å². The molecule has 1 saturated heterocycles. The van der Waals surface area contributed by atoms with E-state index in [1.807, 2.05) is 0 Å². The summed E-state index contributed by atoms with van der Waals surface area (Å²) in [5.41, 5.74) is -7.75. The minimum absolute atomic E-state index is 0.111. The van der Waals surface area contributed by atoms with Crippen molar-refractivity contribution < 1.29 is 57.4 Å². The molecule has 5 rings (SSSR count). The van der Waals surface area contributed by atoms with Crippen molar-refractivity contribution in [3.63, 3.8) is 0 Å². The van der Waals surface area contributed by atoms with E-state index in [1.54, 1.807) is 0 Å². The third kappa shape index (κ3) is 4.69. The number of hydrogen-bond donors (Lipinski definition) is 0. The first-order valence-electron chi connectivity index (χ1n) is 12.0. The van der Waals surface area contributed by atoms with Crippen LogP contribution in [0.4, 0.5) is 39.5 Å². The average molecular weight is 610 g/mol. The molecule has 220 valence electrons. The molecule has 4 nitrogen and oxygen atoms in total. The Morgan fingerprint density at radius 2 is 1.29 bits per heavy atom. The van der Waals surface area contributed by atoms with Gasteiger partial charge in [-0.05, 0) is 42.0 Å². The fourth-order valence-electron chi connectivity index (χ4n) is 5.32. The fraction of sp³-hybridized carbons (Fsp3) is 0.333. The Bertz CT molecular complexity index is 1510. The molecule has 0 bridgehead atoms. The number of fused-ring (bicyclic) bond motifs is 1. The summed E-state index contributed by atoms with van der Waals surface area (Å²) in [7, 11) is -4.34. The van der Waals surface area contributed by atoms with E-state index in [-0.39, 0.29) is 23.3 Å². The number of halogens is 9. The number of benzene rings is 3. The second kappa shape index (κ2) is 9.73. The van der Waals surface area contributed by atoms with Crippen LogP contribution in [-0.4, -0.2) is 33.0 Å². The molecule has 2 fully saturated rings. The molecule has 1 aliphatic heterocycles. The molecule has 3 atom stereocenters. The minimum atomic E-state index is -6.16. The zero-order valence-electron chi connectivity index (χ0n) is 20.6. The molecule has 0 N–H and O–H groups in total. The normalized spacial score (nSPS) is 23.0. The average Bonchev–Trinajstić information content (AvgIpc) is 3.49. The van der Waals surface area contributed by atoms with Gasteiger partial charge in [-0.1, -0.05) is 30.3 Å². The van der Waals surface area contributed by atoms with Gasteiger partial charge in [0, 0.05) is 24.0 Å². The van der Waals surface area contributed by atoms with E-state index in [0.29, 0.717) is 24.3 Å². The first kappa shape index (κ1) is 29.4. The van der Waals surface area contributed by atoms with Crippen LogP contribution in [0.1, 0.15) is 29.5 Å². The highest BCUT2D eigenvalue weighted by molar-refractivity contribution is 7.92. The standard InChI is InChI=1S/C27H19F9O4S/c28-17-8-10-18(11-9-17)41(37,38)24(12-22-23(13-24)40-22)15-4-6-16(7-5-15)25(26(31,32)33,27(34,35)36)39-14-19-20(29)2-1-3-21(19)30/h1-11,22-23H,12-14H2/t22-,23+,24+. The lowest BCUT2D eigenvalue weighted by Crippen LogP contribution is -2.56. The van der Waals surface area contributed by atoms with E-state index >= 15 is 0 Å². The van der Waals surface area contributed by atoms with Gasteiger partial charge >= 0.3 is 12.4 Å². The van der Waals surface area contributed by atoms with E-state index in [1.165, 1.54) is 0 Å². The second-order valence-electron chi connectivity index (χ2n) is 9.82. The molecular weight excluding hydrogens is 591 g/mol. The summed E-state index contributed by atoms with van der Waals surface area (Å²) in [4.78, 5) is -0.292. The molecule has 3 aromatic rings. The summed E-state index contributed by atoms with van der Waals surface area (Å²) < 4.78 is 162. The SMILES string of the molecule is O=S(=O)(c1ccc(F)cc1)[C@]1(c2ccc(C(OCc3c(F)cccc3F)(C(F)(F)F)C(F)(F)F)cc2)C[C@@H]2O[C@@H]2C1. The van der Waals surface area contributed by atoms with Gasteiger partial charge in [-0.2, -0.15) is 26.3 Å². The lowest BCUT2D eigenvalue weighted by atomic mass is 9.88. The van der Waals surface area contributed by atoms with E-state index in [0.717, 1.165) is 42.5 Å².